The molecule has 214 valence electrons. The van der Waals surface area contributed by atoms with Crippen LogP contribution in [0.4, 0.5) is 33.7 Å². The molecule has 0 aromatic heterocycles. The minimum atomic E-state index is -4.63. The maximum Gasteiger partial charge on any atom is 0.416 e. The largest absolute Gasteiger partial charge is 0.443 e. The Hall–Kier alpha value is -2.70. The van der Waals surface area contributed by atoms with E-state index in [0.29, 0.717) is 17.6 Å². The molecule has 1 heterocycles. The fraction of sp³-hybridized carbons (Fsp3) is 0.481. The van der Waals surface area contributed by atoms with Crippen molar-refractivity contribution in [3.05, 3.63) is 57.8 Å². The lowest BCUT2D eigenvalue weighted by Crippen LogP contribution is -2.45. The van der Waals surface area contributed by atoms with Crippen molar-refractivity contribution in [3.8, 4) is 0 Å². The number of benzene rings is 2. The zero-order valence-corrected chi connectivity index (χ0v) is 24.0. The van der Waals surface area contributed by atoms with Crippen molar-refractivity contribution in [2.45, 2.75) is 46.0 Å². The highest BCUT2D eigenvalue weighted by molar-refractivity contribution is 9.10. The van der Waals surface area contributed by atoms with Gasteiger partial charge in [0.25, 0.3) is 0 Å². The fourth-order valence-electron chi connectivity index (χ4n) is 4.17. The van der Waals surface area contributed by atoms with E-state index in [1.54, 1.807) is 20.8 Å². The van der Waals surface area contributed by atoms with Crippen LogP contribution in [0.1, 0.15) is 38.8 Å². The second-order valence-corrected chi connectivity index (χ2v) is 11.2. The molecule has 39 heavy (non-hydrogen) atoms. The molecule has 1 aliphatic rings. The van der Waals surface area contributed by atoms with Crippen LogP contribution in [0.25, 0.3) is 0 Å². The molecule has 0 saturated carbocycles. The van der Waals surface area contributed by atoms with Gasteiger partial charge in [0.2, 0.25) is 5.91 Å². The summed E-state index contributed by atoms with van der Waals surface area (Å²) in [5.74, 6) is -1.61. The third kappa shape index (κ3) is 8.91. The van der Waals surface area contributed by atoms with Crippen molar-refractivity contribution in [2.24, 2.45) is 0 Å². The van der Waals surface area contributed by atoms with E-state index in [4.69, 9.17) is 4.74 Å². The molecule has 0 unspecified atom stereocenters. The van der Waals surface area contributed by atoms with Crippen LogP contribution in [-0.4, -0.2) is 66.7 Å². The third-order valence-electron chi connectivity index (χ3n) is 6.12. The number of hydrogen-bond donors (Lipinski definition) is 1. The van der Waals surface area contributed by atoms with E-state index < -0.39 is 41.7 Å². The number of halogens is 5. The van der Waals surface area contributed by atoms with Crippen molar-refractivity contribution in [3.63, 3.8) is 0 Å². The van der Waals surface area contributed by atoms with Crippen LogP contribution in [0, 0.1) is 5.82 Å². The average Bonchev–Trinajstić information content (AvgIpc) is 2.82. The molecule has 0 spiro atoms. The van der Waals surface area contributed by atoms with Gasteiger partial charge >= 0.3 is 12.3 Å². The van der Waals surface area contributed by atoms with E-state index in [1.165, 1.54) is 24.3 Å². The predicted octanol–water partition coefficient (Wildman–Crippen LogP) is 6.12. The molecule has 0 bridgehead atoms. The molecule has 1 fully saturated rings. The van der Waals surface area contributed by atoms with Crippen molar-refractivity contribution in [2.75, 3.05) is 49.5 Å². The van der Waals surface area contributed by atoms with Gasteiger partial charge in [-0.05, 0) is 63.2 Å². The first kappa shape index (κ1) is 30.8. The van der Waals surface area contributed by atoms with Crippen LogP contribution in [-0.2, 0) is 22.3 Å². The number of piperazine rings is 1. The molecular weight excluding hydrogens is 584 g/mol. The molecule has 1 saturated heterocycles. The van der Waals surface area contributed by atoms with Gasteiger partial charge in [-0.1, -0.05) is 28.9 Å². The number of rotatable bonds is 7. The van der Waals surface area contributed by atoms with Gasteiger partial charge in [-0.2, -0.15) is 13.2 Å². The molecule has 0 radical (unpaired) electrons. The lowest BCUT2D eigenvalue weighted by atomic mass is 10.0. The van der Waals surface area contributed by atoms with Crippen molar-refractivity contribution in [1.29, 1.82) is 0 Å². The van der Waals surface area contributed by atoms with Crippen molar-refractivity contribution in [1.82, 2.24) is 9.80 Å². The molecule has 2 amide bonds. The van der Waals surface area contributed by atoms with Gasteiger partial charge in [0, 0.05) is 42.9 Å². The summed E-state index contributed by atoms with van der Waals surface area (Å²) < 4.78 is 62.3. The molecule has 2 aromatic carbocycles. The fourth-order valence-corrected chi connectivity index (χ4v) is 4.50. The molecule has 7 nitrogen and oxygen atoms in total. The number of likely N-dealkylation sites (N-methyl/N-ethyl adjacent to an activating group) is 1. The number of alkyl halides is 3. The van der Waals surface area contributed by atoms with Gasteiger partial charge in [0.15, 0.2) is 0 Å². The van der Waals surface area contributed by atoms with Gasteiger partial charge in [-0.25, -0.2) is 9.18 Å². The number of carbonyl (C=O) groups is 2. The minimum Gasteiger partial charge on any atom is -0.443 e. The van der Waals surface area contributed by atoms with Crippen LogP contribution >= 0.6 is 15.9 Å². The van der Waals surface area contributed by atoms with Gasteiger partial charge in [0.05, 0.1) is 11.3 Å². The normalized spacial score (nSPS) is 15.2. The molecular formula is C27H33BrF4N4O3. The molecule has 3 rings (SSSR count). The second kappa shape index (κ2) is 12.6. The summed E-state index contributed by atoms with van der Waals surface area (Å²) in [5.41, 5.74) is -1.97. The first-order chi connectivity index (χ1) is 18.2. The maximum absolute atomic E-state index is 14.7. The quantitative estimate of drug-likeness (QED) is 0.380. The van der Waals surface area contributed by atoms with E-state index in [9.17, 15) is 27.2 Å². The molecule has 0 aliphatic carbocycles. The first-order valence-corrected chi connectivity index (χ1v) is 13.4. The Kier molecular flexibility index (Phi) is 10.0. The summed E-state index contributed by atoms with van der Waals surface area (Å²) in [4.78, 5) is 30.7. The number of ether oxygens (including phenoxy) is 1. The topological polar surface area (TPSA) is 65.1 Å². The zero-order chi connectivity index (χ0) is 29.0. The number of hydrogen-bond acceptors (Lipinski definition) is 5. The molecule has 0 atom stereocenters. The van der Waals surface area contributed by atoms with E-state index in [1.807, 2.05) is 11.8 Å². The predicted molar refractivity (Wildman–Crippen MR) is 145 cm³/mol. The molecule has 1 aliphatic heterocycles. The van der Waals surface area contributed by atoms with Crippen LogP contribution in [0.15, 0.2) is 40.9 Å². The number of nitrogens with zero attached hydrogens (tertiary/aromatic N) is 3. The summed E-state index contributed by atoms with van der Waals surface area (Å²) >= 11 is 3.14. The minimum absolute atomic E-state index is 0.0905. The highest BCUT2D eigenvalue weighted by Gasteiger charge is 2.35. The van der Waals surface area contributed by atoms with Crippen LogP contribution in [0.5, 0.6) is 0 Å². The second-order valence-electron chi connectivity index (χ2n) is 10.3. The summed E-state index contributed by atoms with van der Waals surface area (Å²) in [5, 5.41) is 2.41. The Morgan fingerprint density at radius 2 is 1.67 bits per heavy atom. The van der Waals surface area contributed by atoms with Gasteiger partial charge in [0.1, 0.15) is 18.0 Å². The van der Waals surface area contributed by atoms with Gasteiger partial charge in [-0.3, -0.25) is 14.6 Å². The summed E-state index contributed by atoms with van der Waals surface area (Å²) in [6, 6.07) is 7.54. The molecule has 2 aromatic rings. The Morgan fingerprint density at radius 3 is 2.23 bits per heavy atom. The van der Waals surface area contributed by atoms with E-state index >= 15 is 0 Å². The highest BCUT2D eigenvalue weighted by atomic mass is 79.9. The molecule has 12 heteroatoms. The Morgan fingerprint density at radius 1 is 1.03 bits per heavy atom. The van der Waals surface area contributed by atoms with Gasteiger partial charge < -0.3 is 15.0 Å². The Labute approximate surface area is 234 Å². The maximum atomic E-state index is 14.7. The number of amides is 2. The SMILES string of the molecule is CCN1CCN(Cc2ccc(NC(=O)CN(C(=O)OC(C)(C)C)c3ccc(Br)cc3F)cc2C(F)(F)F)CC1. The number of nitrogens with one attached hydrogen (secondary N) is 1. The zero-order valence-electron chi connectivity index (χ0n) is 22.4. The average molecular weight is 617 g/mol. The molecule has 1 N–H and O–H groups in total. The van der Waals surface area contributed by atoms with Gasteiger partial charge in [-0.15, -0.1) is 0 Å². The van der Waals surface area contributed by atoms with E-state index in [0.717, 1.165) is 36.7 Å². The third-order valence-corrected chi connectivity index (χ3v) is 6.61. The van der Waals surface area contributed by atoms with E-state index in [-0.39, 0.29) is 23.5 Å². The Balaban J connectivity index is 1.79. The number of carbonyl (C=O) groups excluding carboxylic acids is 2. The van der Waals surface area contributed by atoms with Crippen LogP contribution < -0.4 is 10.2 Å². The van der Waals surface area contributed by atoms with Crippen molar-refractivity contribution >= 4 is 39.3 Å². The van der Waals surface area contributed by atoms with Crippen LogP contribution in [0.2, 0.25) is 0 Å². The standard InChI is InChI=1S/C27H33BrF4N4O3/c1-5-34-10-12-35(13-11-34)16-18-6-8-20(15-21(18)27(30,31)32)33-24(37)17-36(25(38)39-26(2,3)4)23-9-7-19(28)14-22(23)29/h6-9,14-15H,5,10-13,16-17H2,1-4H3,(H,33,37). The number of anilines is 2. The smallest absolute Gasteiger partial charge is 0.416 e. The monoisotopic (exact) mass is 616 g/mol. The van der Waals surface area contributed by atoms with E-state index in [2.05, 4.69) is 26.1 Å². The highest BCUT2D eigenvalue weighted by Crippen LogP contribution is 2.35. The summed E-state index contributed by atoms with van der Waals surface area (Å²) in [6.07, 6.45) is -5.61. The van der Waals surface area contributed by atoms with Crippen molar-refractivity contribution < 1.29 is 31.9 Å². The lowest BCUT2D eigenvalue weighted by molar-refractivity contribution is -0.138. The lowest BCUT2D eigenvalue weighted by Gasteiger charge is -2.34. The summed E-state index contributed by atoms with van der Waals surface area (Å²) in [7, 11) is 0. The van der Waals surface area contributed by atoms with Crippen LogP contribution in [0.3, 0.4) is 0 Å². The Bertz CT molecular complexity index is 1180. The summed E-state index contributed by atoms with van der Waals surface area (Å²) in [6.45, 7) is 10.2. The first-order valence-electron chi connectivity index (χ1n) is 12.6.